The molecule has 0 aromatic heterocycles. The van der Waals surface area contributed by atoms with Gasteiger partial charge in [0.05, 0.1) is 16.1 Å². The van der Waals surface area contributed by atoms with Crippen molar-refractivity contribution in [1.29, 1.82) is 0 Å². The second kappa shape index (κ2) is 6.80. The zero-order valence-electron chi connectivity index (χ0n) is 14.2. The fraction of sp³-hybridized carbons (Fsp3) is 0.350. The van der Waals surface area contributed by atoms with E-state index in [1.165, 1.54) is 12.1 Å². The smallest absolute Gasteiger partial charge is 0.235 e. The first-order valence-corrected chi connectivity index (χ1v) is 9.13. The van der Waals surface area contributed by atoms with E-state index in [9.17, 15) is 9.18 Å². The molecule has 0 unspecified atom stereocenters. The van der Waals surface area contributed by atoms with Crippen LogP contribution in [0.2, 0.25) is 5.02 Å². The molecule has 2 aromatic carbocycles. The predicted octanol–water partition coefficient (Wildman–Crippen LogP) is 4.70. The number of fused-ring (bicyclic) bond motifs is 1. The Bertz CT molecular complexity index is 849. The van der Waals surface area contributed by atoms with Gasteiger partial charge in [-0.05, 0) is 42.7 Å². The molecule has 0 radical (unpaired) electrons. The van der Waals surface area contributed by atoms with Gasteiger partial charge in [0.25, 0.3) is 0 Å². The van der Waals surface area contributed by atoms with E-state index in [1.54, 1.807) is 6.07 Å². The second-order valence-electron chi connectivity index (χ2n) is 6.70. The molecule has 2 aromatic rings. The van der Waals surface area contributed by atoms with Gasteiger partial charge in [0.15, 0.2) is 17.3 Å². The second-order valence-corrected chi connectivity index (χ2v) is 7.11. The van der Waals surface area contributed by atoms with Gasteiger partial charge in [0.1, 0.15) is 13.2 Å². The van der Waals surface area contributed by atoms with Crippen molar-refractivity contribution >= 4 is 23.2 Å². The van der Waals surface area contributed by atoms with E-state index in [-0.39, 0.29) is 16.6 Å². The maximum absolute atomic E-state index is 14.2. The maximum atomic E-state index is 14.2. The molecule has 4 nitrogen and oxygen atoms in total. The number of benzene rings is 2. The summed E-state index contributed by atoms with van der Waals surface area (Å²) in [4.78, 5) is 13.2. The number of carbonyl (C=O) groups excluding carboxylic acids is 1. The van der Waals surface area contributed by atoms with Crippen LogP contribution in [0.3, 0.4) is 0 Å². The van der Waals surface area contributed by atoms with E-state index in [0.29, 0.717) is 37.6 Å². The number of hydrogen-bond donors (Lipinski definition) is 1. The number of carbonyl (C=O) groups is 1. The fourth-order valence-corrected chi connectivity index (χ4v) is 3.98. The van der Waals surface area contributed by atoms with Gasteiger partial charge in [0, 0.05) is 0 Å². The number of amides is 1. The molecule has 26 heavy (non-hydrogen) atoms. The minimum atomic E-state index is -0.704. The van der Waals surface area contributed by atoms with Crippen molar-refractivity contribution in [2.24, 2.45) is 0 Å². The molecule has 1 aliphatic heterocycles. The molecule has 0 bridgehead atoms. The van der Waals surface area contributed by atoms with E-state index in [4.69, 9.17) is 21.1 Å². The highest BCUT2D eigenvalue weighted by Crippen LogP contribution is 2.45. The molecule has 0 atom stereocenters. The molecule has 1 aliphatic carbocycles. The van der Waals surface area contributed by atoms with E-state index in [2.05, 4.69) is 5.32 Å². The van der Waals surface area contributed by atoms with Crippen LogP contribution in [-0.2, 0) is 10.2 Å². The highest BCUT2D eigenvalue weighted by atomic mass is 35.5. The van der Waals surface area contributed by atoms with Crippen molar-refractivity contribution in [3.8, 4) is 11.5 Å². The molecule has 1 amide bonds. The minimum absolute atomic E-state index is 0.0115. The standard InChI is InChI=1S/C20H19ClFNO3/c21-14-4-3-5-15(18(14)22)23-19(24)20(8-1-2-9-20)13-6-7-16-17(12-13)26-11-10-25-16/h3-7,12H,1-2,8-11H2,(H,23,24). The van der Waals surface area contributed by atoms with Crippen molar-refractivity contribution in [1.82, 2.24) is 0 Å². The lowest BCUT2D eigenvalue weighted by Crippen LogP contribution is -2.38. The van der Waals surface area contributed by atoms with Crippen LogP contribution in [0.5, 0.6) is 11.5 Å². The van der Waals surface area contributed by atoms with Crippen LogP contribution in [0, 0.1) is 5.82 Å². The molecule has 0 spiro atoms. The Morgan fingerprint density at radius 1 is 1.08 bits per heavy atom. The van der Waals surface area contributed by atoms with Crippen LogP contribution in [0.1, 0.15) is 31.2 Å². The van der Waals surface area contributed by atoms with Crippen LogP contribution in [0.25, 0.3) is 0 Å². The third-order valence-electron chi connectivity index (χ3n) is 5.19. The fourth-order valence-electron chi connectivity index (χ4n) is 3.81. The first-order chi connectivity index (χ1) is 12.6. The molecule has 136 valence electrons. The molecule has 6 heteroatoms. The number of hydrogen-bond acceptors (Lipinski definition) is 3. The summed E-state index contributed by atoms with van der Waals surface area (Å²) in [6, 6.07) is 10.2. The van der Waals surface area contributed by atoms with Gasteiger partial charge in [-0.15, -0.1) is 0 Å². The SMILES string of the molecule is O=C(Nc1cccc(Cl)c1F)C1(c2ccc3c(c2)OCCO3)CCCC1. The Morgan fingerprint density at radius 3 is 2.58 bits per heavy atom. The van der Waals surface area contributed by atoms with E-state index in [1.807, 2.05) is 18.2 Å². The molecule has 1 fully saturated rings. The Balaban J connectivity index is 1.68. The summed E-state index contributed by atoms with van der Waals surface area (Å²) < 4.78 is 25.5. The zero-order chi connectivity index (χ0) is 18.1. The van der Waals surface area contributed by atoms with E-state index >= 15 is 0 Å². The monoisotopic (exact) mass is 375 g/mol. The molecular weight excluding hydrogens is 357 g/mol. The summed E-state index contributed by atoms with van der Waals surface area (Å²) in [5, 5.41) is 2.73. The average molecular weight is 376 g/mol. The molecule has 1 saturated carbocycles. The maximum Gasteiger partial charge on any atom is 0.235 e. The molecular formula is C20H19ClFNO3. The highest BCUT2D eigenvalue weighted by Gasteiger charge is 2.43. The van der Waals surface area contributed by atoms with Gasteiger partial charge in [-0.1, -0.05) is 36.6 Å². The number of halogens is 2. The lowest BCUT2D eigenvalue weighted by molar-refractivity contribution is -0.121. The first kappa shape index (κ1) is 17.2. The van der Waals surface area contributed by atoms with Gasteiger partial charge < -0.3 is 14.8 Å². The minimum Gasteiger partial charge on any atom is -0.486 e. The number of rotatable bonds is 3. The van der Waals surface area contributed by atoms with Gasteiger partial charge >= 0.3 is 0 Å². The normalized spacial score (nSPS) is 17.8. The number of nitrogens with one attached hydrogen (secondary N) is 1. The quantitative estimate of drug-likeness (QED) is 0.845. The number of anilines is 1. The Labute approximate surface area is 156 Å². The molecule has 1 N–H and O–H groups in total. The lowest BCUT2D eigenvalue weighted by atomic mass is 9.77. The highest BCUT2D eigenvalue weighted by molar-refractivity contribution is 6.31. The van der Waals surface area contributed by atoms with Crippen molar-refractivity contribution < 1.29 is 18.7 Å². The van der Waals surface area contributed by atoms with Crippen LogP contribution in [-0.4, -0.2) is 19.1 Å². The summed E-state index contributed by atoms with van der Waals surface area (Å²) in [5.41, 5.74) is 0.274. The largest absolute Gasteiger partial charge is 0.486 e. The Morgan fingerprint density at radius 2 is 1.81 bits per heavy atom. The molecule has 0 saturated heterocycles. The van der Waals surface area contributed by atoms with Crippen LogP contribution >= 0.6 is 11.6 Å². The van der Waals surface area contributed by atoms with Crippen molar-refractivity contribution in [3.63, 3.8) is 0 Å². The van der Waals surface area contributed by atoms with Crippen molar-refractivity contribution in [2.45, 2.75) is 31.1 Å². The molecule has 2 aliphatic rings. The van der Waals surface area contributed by atoms with Crippen LogP contribution in [0.4, 0.5) is 10.1 Å². The third kappa shape index (κ3) is 2.90. The topological polar surface area (TPSA) is 47.6 Å². The summed E-state index contributed by atoms with van der Waals surface area (Å²) in [7, 11) is 0. The molecule has 4 rings (SSSR count). The molecule has 1 heterocycles. The van der Waals surface area contributed by atoms with Gasteiger partial charge in [-0.3, -0.25) is 4.79 Å². The van der Waals surface area contributed by atoms with E-state index < -0.39 is 11.2 Å². The van der Waals surface area contributed by atoms with Crippen molar-refractivity contribution in [2.75, 3.05) is 18.5 Å². The van der Waals surface area contributed by atoms with Crippen LogP contribution in [0.15, 0.2) is 36.4 Å². The summed E-state index contributed by atoms with van der Waals surface area (Å²) in [6.07, 6.45) is 3.31. The van der Waals surface area contributed by atoms with Crippen LogP contribution < -0.4 is 14.8 Å². The first-order valence-electron chi connectivity index (χ1n) is 8.76. The lowest BCUT2D eigenvalue weighted by Gasteiger charge is -2.30. The van der Waals surface area contributed by atoms with Gasteiger partial charge in [0.2, 0.25) is 5.91 Å². The zero-order valence-corrected chi connectivity index (χ0v) is 14.9. The summed E-state index contributed by atoms with van der Waals surface area (Å²) >= 11 is 5.83. The summed E-state index contributed by atoms with van der Waals surface area (Å²) in [5.74, 6) is 0.516. The Kier molecular flexibility index (Phi) is 4.49. The third-order valence-corrected chi connectivity index (χ3v) is 5.48. The average Bonchev–Trinajstić information content (AvgIpc) is 3.16. The number of ether oxygens (including phenoxy) is 2. The van der Waals surface area contributed by atoms with Gasteiger partial charge in [-0.25, -0.2) is 4.39 Å². The summed E-state index contributed by atoms with van der Waals surface area (Å²) in [6.45, 7) is 1.01. The Hall–Kier alpha value is -2.27. The predicted molar refractivity (Wildman–Crippen MR) is 97.6 cm³/mol. The van der Waals surface area contributed by atoms with E-state index in [0.717, 1.165) is 18.4 Å². The van der Waals surface area contributed by atoms with Gasteiger partial charge in [-0.2, -0.15) is 0 Å². The van der Waals surface area contributed by atoms with Crippen molar-refractivity contribution in [3.05, 3.63) is 52.8 Å².